The summed E-state index contributed by atoms with van der Waals surface area (Å²) in [6.07, 6.45) is 0. The maximum Gasteiger partial charge on any atom is 0.127 e. The van der Waals surface area contributed by atoms with Gasteiger partial charge in [0, 0.05) is 23.9 Å². The quantitative estimate of drug-likeness (QED) is 0.377. The molecule has 0 aromatic heterocycles. The average Bonchev–Trinajstić information content (AvgIpc) is 3.39. The van der Waals surface area contributed by atoms with E-state index in [0.717, 1.165) is 23.6 Å². The van der Waals surface area contributed by atoms with Crippen molar-refractivity contribution in [1.29, 1.82) is 0 Å². The fraction of sp³-hybridized carbons (Fsp3) is 0.200. The molecule has 0 saturated carbocycles. The minimum Gasteiger partial charge on any atom is -0.496 e. The minimum absolute atomic E-state index is 0.122. The van der Waals surface area contributed by atoms with Crippen molar-refractivity contribution in [3.63, 3.8) is 0 Å². The third-order valence-corrected chi connectivity index (χ3v) is 7.20. The summed E-state index contributed by atoms with van der Waals surface area (Å²) in [5, 5.41) is 0. The number of benzene rings is 4. The Morgan fingerprint density at radius 3 is 2.12 bits per heavy atom. The van der Waals surface area contributed by atoms with Crippen molar-refractivity contribution >= 4 is 5.69 Å². The lowest BCUT2D eigenvalue weighted by atomic mass is 9.77. The molecular weight excluding hydrogens is 406 g/mol. The molecule has 2 heterocycles. The fourth-order valence-electron chi connectivity index (χ4n) is 5.66. The van der Waals surface area contributed by atoms with Gasteiger partial charge in [0.25, 0.3) is 0 Å². The Bertz CT molecular complexity index is 1260. The molecule has 0 fully saturated rings. The molecule has 1 unspecified atom stereocenters. The lowest BCUT2D eigenvalue weighted by molar-refractivity contribution is 0.297. The summed E-state index contributed by atoms with van der Waals surface area (Å²) in [5.74, 6) is 1.81. The lowest BCUT2D eigenvalue weighted by Crippen LogP contribution is -2.38. The van der Waals surface area contributed by atoms with Crippen LogP contribution in [0.1, 0.15) is 33.9 Å². The highest BCUT2D eigenvalue weighted by atomic mass is 16.5. The molecule has 1 atom stereocenters. The van der Waals surface area contributed by atoms with Gasteiger partial charge in [-0.3, -0.25) is 0 Å². The van der Waals surface area contributed by atoms with Gasteiger partial charge in [-0.05, 0) is 41.3 Å². The Morgan fingerprint density at radius 2 is 1.45 bits per heavy atom. The van der Waals surface area contributed by atoms with E-state index in [2.05, 4.69) is 109 Å². The molecule has 0 N–H and O–H groups in total. The standard InChI is InChI=1S/C30H27NO2/c1-21-17-25-28(18-27(21)32-2)33-20-30(25)19-31(26-16-10-9-15-24(26)30)29(22-11-5-3-6-12-22)23-13-7-4-8-14-23/h3-18,29H,19-20H2,1-2H3. The monoisotopic (exact) mass is 433 g/mol. The zero-order valence-corrected chi connectivity index (χ0v) is 19.0. The number of para-hydroxylation sites is 1. The van der Waals surface area contributed by atoms with Gasteiger partial charge in [-0.25, -0.2) is 0 Å². The van der Waals surface area contributed by atoms with E-state index in [9.17, 15) is 0 Å². The molecule has 0 amide bonds. The number of fused-ring (bicyclic) bond motifs is 4. The number of nitrogens with zero attached hydrogens (tertiary/aromatic N) is 1. The van der Waals surface area contributed by atoms with E-state index in [1.54, 1.807) is 7.11 Å². The Labute approximate surface area is 195 Å². The third-order valence-electron chi connectivity index (χ3n) is 7.20. The summed E-state index contributed by atoms with van der Waals surface area (Å²) in [7, 11) is 1.72. The van der Waals surface area contributed by atoms with Gasteiger partial charge in [0.05, 0.1) is 18.6 Å². The van der Waals surface area contributed by atoms with Gasteiger partial charge in [-0.1, -0.05) is 78.9 Å². The van der Waals surface area contributed by atoms with Crippen LogP contribution in [-0.2, 0) is 5.41 Å². The first-order valence-electron chi connectivity index (χ1n) is 11.5. The van der Waals surface area contributed by atoms with E-state index in [4.69, 9.17) is 9.47 Å². The van der Waals surface area contributed by atoms with Gasteiger partial charge < -0.3 is 14.4 Å². The van der Waals surface area contributed by atoms with Gasteiger partial charge >= 0.3 is 0 Å². The van der Waals surface area contributed by atoms with Crippen molar-refractivity contribution < 1.29 is 9.47 Å². The molecule has 0 saturated heterocycles. The first kappa shape index (κ1) is 19.9. The predicted octanol–water partition coefficient (Wildman–Crippen LogP) is 6.29. The highest BCUT2D eigenvalue weighted by Gasteiger charge is 2.51. The highest BCUT2D eigenvalue weighted by molar-refractivity contribution is 5.71. The molecule has 3 heteroatoms. The highest BCUT2D eigenvalue weighted by Crippen LogP contribution is 2.54. The fourth-order valence-corrected chi connectivity index (χ4v) is 5.66. The molecule has 3 nitrogen and oxygen atoms in total. The van der Waals surface area contributed by atoms with Crippen LogP contribution >= 0.6 is 0 Å². The third kappa shape index (κ3) is 3.03. The molecule has 33 heavy (non-hydrogen) atoms. The normalized spacial score (nSPS) is 18.3. The van der Waals surface area contributed by atoms with E-state index in [1.165, 1.54) is 27.9 Å². The number of rotatable bonds is 4. The zero-order chi connectivity index (χ0) is 22.4. The van der Waals surface area contributed by atoms with Gasteiger partial charge in [0.1, 0.15) is 18.1 Å². The second kappa shape index (κ2) is 7.70. The molecule has 2 aliphatic rings. The second-order valence-corrected chi connectivity index (χ2v) is 9.06. The van der Waals surface area contributed by atoms with Gasteiger partial charge in [0.2, 0.25) is 0 Å². The summed E-state index contributed by atoms with van der Waals surface area (Å²) >= 11 is 0. The van der Waals surface area contributed by atoms with E-state index in [-0.39, 0.29) is 11.5 Å². The van der Waals surface area contributed by atoms with E-state index < -0.39 is 0 Å². The van der Waals surface area contributed by atoms with Crippen LogP contribution in [-0.4, -0.2) is 20.3 Å². The predicted molar refractivity (Wildman–Crippen MR) is 133 cm³/mol. The van der Waals surface area contributed by atoms with Gasteiger partial charge in [-0.15, -0.1) is 0 Å². The van der Waals surface area contributed by atoms with Gasteiger partial charge in [-0.2, -0.15) is 0 Å². The van der Waals surface area contributed by atoms with Crippen molar-refractivity contribution in [3.8, 4) is 11.5 Å². The van der Waals surface area contributed by atoms with Crippen LogP contribution < -0.4 is 14.4 Å². The maximum atomic E-state index is 6.32. The van der Waals surface area contributed by atoms with Crippen LogP contribution in [0.4, 0.5) is 5.69 Å². The van der Waals surface area contributed by atoms with Crippen molar-refractivity contribution in [3.05, 3.63) is 125 Å². The van der Waals surface area contributed by atoms with E-state index in [1.807, 2.05) is 0 Å². The van der Waals surface area contributed by atoms with Crippen LogP contribution in [0.3, 0.4) is 0 Å². The first-order valence-corrected chi connectivity index (χ1v) is 11.5. The average molecular weight is 434 g/mol. The Balaban J connectivity index is 1.53. The largest absolute Gasteiger partial charge is 0.496 e. The molecule has 4 aromatic rings. The maximum absolute atomic E-state index is 6.32. The molecule has 0 aliphatic carbocycles. The lowest BCUT2D eigenvalue weighted by Gasteiger charge is -2.33. The summed E-state index contributed by atoms with van der Waals surface area (Å²) < 4.78 is 11.9. The summed E-state index contributed by atoms with van der Waals surface area (Å²) in [5.41, 5.74) is 7.40. The van der Waals surface area contributed by atoms with Crippen molar-refractivity contribution in [2.75, 3.05) is 25.2 Å². The SMILES string of the molecule is COc1cc2c(cc1C)C1(CO2)CN(C(c2ccccc2)c2ccccc2)c2ccccc21. The molecular formula is C30H27NO2. The Kier molecular flexibility index (Phi) is 4.65. The minimum atomic E-state index is -0.204. The number of anilines is 1. The van der Waals surface area contributed by atoms with Gasteiger partial charge in [0.15, 0.2) is 0 Å². The second-order valence-electron chi connectivity index (χ2n) is 9.06. The first-order chi connectivity index (χ1) is 16.2. The van der Waals surface area contributed by atoms with Crippen molar-refractivity contribution in [2.24, 2.45) is 0 Å². The van der Waals surface area contributed by atoms with Crippen LogP contribution in [0, 0.1) is 6.92 Å². The van der Waals surface area contributed by atoms with Crippen LogP contribution in [0.2, 0.25) is 0 Å². The molecule has 4 aromatic carbocycles. The zero-order valence-electron chi connectivity index (χ0n) is 19.0. The number of hydrogen-bond acceptors (Lipinski definition) is 3. The van der Waals surface area contributed by atoms with Crippen LogP contribution in [0.25, 0.3) is 0 Å². The van der Waals surface area contributed by atoms with Crippen LogP contribution in [0.15, 0.2) is 97.1 Å². The number of aryl methyl sites for hydroxylation is 1. The van der Waals surface area contributed by atoms with Crippen LogP contribution in [0.5, 0.6) is 11.5 Å². The topological polar surface area (TPSA) is 21.7 Å². The number of ether oxygens (including phenoxy) is 2. The van der Waals surface area contributed by atoms with Crippen molar-refractivity contribution in [1.82, 2.24) is 0 Å². The summed E-state index contributed by atoms with van der Waals surface area (Å²) in [6, 6.07) is 34.9. The number of hydrogen-bond donors (Lipinski definition) is 0. The molecule has 0 radical (unpaired) electrons. The molecule has 164 valence electrons. The Morgan fingerprint density at radius 1 is 0.818 bits per heavy atom. The Hall–Kier alpha value is -3.72. The van der Waals surface area contributed by atoms with E-state index in [0.29, 0.717) is 6.61 Å². The number of methoxy groups -OCH3 is 1. The molecule has 2 aliphatic heterocycles. The molecule has 1 spiro atoms. The smallest absolute Gasteiger partial charge is 0.127 e. The summed E-state index contributed by atoms with van der Waals surface area (Å²) in [6.45, 7) is 3.61. The molecule has 0 bridgehead atoms. The van der Waals surface area contributed by atoms with E-state index >= 15 is 0 Å². The van der Waals surface area contributed by atoms with Crippen molar-refractivity contribution in [2.45, 2.75) is 18.4 Å². The molecule has 6 rings (SSSR count). The summed E-state index contributed by atoms with van der Waals surface area (Å²) in [4.78, 5) is 2.57.